The number of nitrogens with zero attached hydrogens (tertiary/aromatic N) is 3. The molecule has 0 aliphatic carbocycles. The number of hydrogen-bond donors (Lipinski definition) is 0. The standard InChI is InChI=1S/C8H15N3O2S/c1-10(2)14(12,13)11-6-4-8(7-11)3-5-9/h8H,3-4,6-7H2,1-2H3. The van der Waals surface area contributed by atoms with Gasteiger partial charge < -0.3 is 0 Å². The molecule has 0 bridgehead atoms. The number of nitriles is 1. The van der Waals surface area contributed by atoms with E-state index in [0.717, 1.165) is 6.42 Å². The topological polar surface area (TPSA) is 64.4 Å². The molecule has 1 aliphatic rings. The van der Waals surface area contributed by atoms with Crippen molar-refractivity contribution in [2.24, 2.45) is 5.92 Å². The smallest absolute Gasteiger partial charge is 0.198 e. The highest BCUT2D eigenvalue weighted by Crippen LogP contribution is 2.22. The zero-order valence-electron chi connectivity index (χ0n) is 8.47. The van der Waals surface area contributed by atoms with Gasteiger partial charge in [0.15, 0.2) is 0 Å². The Kier molecular flexibility index (Phi) is 3.48. The first-order valence-electron chi connectivity index (χ1n) is 4.53. The molecule has 80 valence electrons. The van der Waals surface area contributed by atoms with Crippen molar-refractivity contribution in [3.63, 3.8) is 0 Å². The number of rotatable bonds is 3. The minimum absolute atomic E-state index is 0.203. The molecule has 1 atom stereocenters. The molecule has 0 saturated carbocycles. The van der Waals surface area contributed by atoms with Gasteiger partial charge in [-0.05, 0) is 12.3 Å². The molecule has 0 N–H and O–H groups in total. The van der Waals surface area contributed by atoms with Crippen molar-refractivity contribution in [1.82, 2.24) is 8.61 Å². The Labute approximate surface area is 85.1 Å². The highest BCUT2D eigenvalue weighted by Gasteiger charge is 2.32. The maximum absolute atomic E-state index is 11.7. The molecule has 1 rings (SSSR count). The molecule has 0 aromatic heterocycles. The van der Waals surface area contributed by atoms with Crippen LogP contribution < -0.4 is 0 Å². The van der Waals surface area contributed by atoms with E-state index in [-0.39, 0.29) is 5.92 Å². The molecular formula is C8H15N3O2S. The Hall–Kier alpha value is -0.640. The van der Waals surface area contributed by atoms with Crippen molar-refractivity contribution < 1.29 is 8.42 Å². The monoisotopic (exact) mass is 217 g/mol. The van der Waals surface area contributed by atoms with Crippen LogP contribution >= 0.6 is 0 Å². The molecule has 0 aromatic carbocycles. The quantitative estimate of drug-likeness (QED) is 0.670. The van der Waals surface area contributed by atoms with Crippen molar-refractivity contribution in [1.29, 1.82) is 5.26 Å². The minimum atomic E-state index is -3.27. The van der Waals surface area contributed by atoms with Gasteiger partial charge in [-0.15, -0.1) is 0 Å². The molecule has 0 spiro atoms. The van der Waals surface area contributed by atoms with E-state index in [1.807, 2.05) is 0 Å². The predicted molar refractivity (Wildman–Crippen MR) is 52.5 cm³/mol. The first-order chi connectivity index (χ1) is 6.48. The molecule has 14 heavy (non-hydrogen) atoms. The number of hydrogen-bond acceptors (Lipinski definition) is 3. The fraction of sp³-hybridized carbons (Fsp3) is 0.875. The largest absolute Gasteiger partial charge is 0.281 e. The van der Waals surface area contributed by atoms with Gasteiger partial charge in [0.2, 0.25) is 0 Å². The van der Waals surface area contributed by atoms with E-state index < -0.39 is 10.2 Å². The molecule has 0 aromatic rings. The molecule has 1 unspecified atom stereocenters. The third-order valence-electron chi connectivity index (χ3n) is 2.42. The van der Waals surface area contributed by atoms with Gasteiger partial charge in [-0.1, -0.05) is 0 Å². The van der Waals surface area contributed by atoms with Gasteiger partial charge in [0.25, 0.3) is 10.2 Å². The lowest BCUT2D eigenvalue weighted by atomic mass is 10.1. The average Bonchev–Trinajstić information content (AvgIpc) is 2.53. The molecule has 5 nitrogen and oxygen atoms in total. The van der Waals surface area contributed by atoms with Crippen LogP contribution in [0.5, 0.6) is 0 Å². The summed E-state index contributed by atoms with van der Waals surface area (Å²) in [5, 5.41) is 8.50. The Bertz CT molecular complexity index is 331. The van der Waals surface area contributed by atoms with Crippen LogP contribution in [0.3, 0.4) is 0 Å². The second-order valence-corrected chi connectivity index (χ2v) is 5.81. The summed E-state index contributed by atoms with van der Waals surface area (Å²) in [7, 11) is -0.229. The minimum Gasteiger partial charge on any atom is -0.198 e. The zero-order chi connectivity index (χ0) is 10.8. The summed E-state index contributed by atoms with van der Waals surface area (Å²) in [5.74, 6) is 0.203. The molecular weight excluding hydrogens is 202 g/mol. The van der Waals surface area contributed by atoms with Gasteiger partial charge in [0.05, 0.1) is 6.07 Å². The highest BCUT2D eigenvalue weighted by molar-refractivity contribution is 7.86. The van der Waals surface area contributed by atoms with Gasteiger partial charge in [0.1, 0.15) is 0 Å². The van der Waals surface area contributed by atoms with Crippen LogP contribution in [0.4, 0.5) is 0 Å². The van der Waals surface area contributed by atoms with Gasteiger partial charge >= 0.3 is 0 Å². The van der Waals surface area contributed by atoms with E-state index in [0.29, 0.717) is 19.5 Å². The first-order valence-corrected chi connectivity index (χ1v) is 5.92. The third-order valence-corrected chi connectivity index (χ3v) is 4.32. The van der Waals surface area contributed by atoms with Gasteiger partial charge in [-0.3, -0.25) is 0 Å². The Morgan fingerprint density at radius 2 is 2.21 bits per heavy atom. The second kappa shape index (κ2) is 4.26. The Balaban J connectivity index is 2.63. The molecule has 6 heteroatoms. The maximum Gasteiger partial charge on any atom is 0.281 e. The Morgan fingerprint density at radius 3 is 2.71 bits per heavy atom. The fourth-order valence-electron chi connectivity index (χ4n) is 1.53. The van der Waals surface area contributed by atoms with E-state index in [9.17, 15) is 8.42 Å². The fourth-order valence-corrected chi connectivity index (χ4v) is 2.73. The van der Waals surface area contributed by atoms with Crippen LogP contribution in [0, 0.1) is 17.2 Å². The summed E-state index contributed by atoms with van der Waals surface area (Å²) in [5.41, 5.74) is 0. The molecule has 1 fully saturated rings. The van der Waals surface area contributed by atoms with Crippen LogP contribution in [-0.4, -0.2) is 44.2 Å². The van der Waals surface area contributed by atoms with Crippen LogP contribution in [0.1, 0.15) is 12.8 Å². The third kappa shape index (κ3) is 2.23. The summed E-state index contributed by atoms with van der Waals surface area (Å²) in [6, 6.07) is 2.08. The van der Waals surface area contributed by atoms with E-state index in [2.05, 4.69) is 6.07 Å². The summed E-state index contributed by atoms with van der Waals surface area (Å²) in [4.78, 5) is 0. The molecule has 1 saturated heterocycles. The maximum atomic E-state index is 11.7. The summed E-state index contributed by atoms with van der Waals surface area (Å²) < 4.78 is 26.0. The lowest BCUT2D eigenvalue weighted by Gasteiger charge is -2.20. The Morgan fingerprint density at radius 1 is 1.57 bits per heavy atom. The lowest BCUT2D eigenvalue weighted by Crippen LogP contribution is -2.38. The average molecular weight is 217 g/mol. The van der Waals surface area contributed by atoms with Crippen molar-refractivity contribution in [3.8, 4) is 6.07 Å². The van der Waals surface area contributed by atoms with E-state index >= 15 is 0 Å². The normalized spacial score (nSPS) is 24.0. The van der Waals surface area contributed by atoms with Crippen molar-refractivity contribution >= 4 is 10.2 Å². The first kappa shape index (κ1) is 11.4. The van der Waals surface area contributed by atoms with E-state index in [4.69, 9.17) is 5.26 Å². The SMILES string of the molecule is CN(C)S(=O)(=O)N1CCC(CC#N)C1. The second-order valence-electron chi connectivity index (χ2n) is 3.67. The molecule has 0 radical (unpaired) electrons. The van der Waals surface area contributed by atoms with E-state index in [1.165, 1.54) is 22.7 Å². The summed E-state index contributed by atoms with van der Waals surface area (Å²) in [6.45, 7) is 1.01. The van der Waals surface area contributed by atoms with Gasteiger partial charge in [-0.2, -0.15) is 22.3 Å². The van der Waals surface area contributed by atoms with Crippen LogP contribution in [0.2, 0.25) is 0 Å². The van der Waals surface area contributed by atoms with E-state index in [1.54, 1.807) is 0 Å². The molecule has 1 aliphatic heterocycles. The van der Waals surface area contributed by atoms with Crippen molar-refractivity contribution in [2.45, 2.75) is 12.8 Å². The zero-order valence-corrected chi connectivity index (χ0v) is 9.29. The molecule has 1 heterocycles. The lowest BCUT2D eigenvalue weighted by molar-refractivity contribution is 0.411. The highest BCUT2D eigenvalue weighted by atomic mass is 32.2. The summed E-state index contributed by atoms with van der Waals surface area (Å²) >= 11 is 0. The van der Waals surface area contributed by atoms with Gasteiger partial charge in [-0.25, -0.2) is 0 Å². The molecule has 0 amide bonds. The van der Waals surface area contributed by atoms with Crippen molar-refractivity contribution in [2.75, 3.05) is 27.2 Å². The van der Waals surface area contributed by atoms with Crippen molar-refractivity contribution in [3.05, 3.63) is 0 Å². The van der Waals surface area contributed by atoms with Gasteiger partial charge in [0, 0.05) is 33.6 Å². The van der Waals surface area contributed by atoms with Crippen LogP contribution in [0.25, 0.3) is 0 Å². The van der Waals surface area contributed by atoms with Crippen LogP contribution in [0.15, 0.2) is 0 Å². The van der Waals surface area contributed by atoms with Crippen LogP contribution in [-0.2, 0) is 10.2 Å². The summed E-state index contributed by atoms with van der Waals surface area (Å²) in [6.07, 6.45) is 1.24. The predicted octanol–water partition coefficient (Wildman–Crippen LogP) is 0.0284.